The lowest BCUT2D eigenvalue weighted by atomic mass is 9.95. The van der Waals surface area contributed by atoms with Crippen molar-refractivity contribution in [3.8, 4) is 0 Å². The first-order chi connectivity index (χ1) is 9.24. The second kappa shape index (κ2) is 4.94. The third-order valence-corrected chi connectivity index (χ3v) is 3.53. The molecule has 3 nitrogen and oxygen atoms in total. The highest BCUT2D eigenvalue weighted by Gasteiger charge is 2.14. The molecule has 0 aliphatic carbocycles. The van der Waals surface area contributed by atoms with Crippen LogP contribution in [0.1, 0.15) is 32.7 Å². The molecule has 0 amide bonds. The van der Waals surface area contributed by atoms with Crippen molar-refractivity contribution in [1.82, 2.24) is 10.3 Å². The fourth-order valence-corrected chi connectivity index (χ4v) is 2.39. The van der Waals surface area contributed by atoms with Crippen molar-refractivity contribution >= 4 is 5.78 Å². The number of aromatic nitrogens is 1. The highest BCUT2D eigenvalue weighted by atomic mass is 16.1. The second-order valence-electron chi connectivity index (χ2n) is 4.93. The first kappa shape index (κ1) is 12.1. The summed E-state index contributed by atoms with van der Waals surface area (Å²) in [6, 6.07) is 9.70. The number of ketones is 1. The number of rotatable bonds is 2. The SMILES string of the molecule is Cc1ccc(C(=O)c2ccc3c(c2)CNCC3)cn1. The van der Waals surface area contributed by atoms with E-state index in [2.05, 4.69) is 16.4 Å². The van der Waals surface area contributed by atoms with E-state index in [0.29, 0.717) is 5.56 Å². The number of aryl methyl sites for hydroxylation is 1. The molecule has 0 atom stereocenters. The van der Waals surface area contributed by atoms with Crippen LogP contribution in [-0.4, -0.2) is 17.3 Å². The Bertz CT molecular complexity index is 617. The Labute approximate surface area is 112 Å². The monoisotopic (exact) mass is 252 g/mol. The lowest BCUT2D eigenvalue weighted by Crippen LogP contribution is -2.23. The molecular weight excluding hydrogens is 236 g/mol. The predicted molar refractivity (Wildman–Crippen MR) is 74.3 cm³/mol. The summed E-state index contributed by atoms with van der Waals surface area (Å²) in [7, 11) is 0. The van der Waals surface area contributed by atoms with Gasteiger partial charge in [-0.1, -0.05) is 12.1 Å². The molecular formula is C16H16N2O. The Kier molecular flexibility index (Phi) is 3.13. The Balaban J connectivity index is 1.93. The lowest BCUT2D eigenvalue weighted by Gasteiger charge is -2.17. The van der Waals surface area contributed by atoms with Gasteiger partial charge in [0.2, 0.25) is 0 Å². The van der Waals surface area contributed by atoms with E-state index >= 15 is 0 Å². The van der Waals surface area contributed by atoms with Gasteiger partial charge in [-0.15, -0.1) is 0 Å². The first-order valence-electron chi connectivity index (χ1n) is 6.54. The minimum atomic E-state index is 0.0425. The zero-order chi connectivity index (χ0) is 13.2. The molecule has 0 bridgehead atoms. The van der Waals surface area contributed by atoms with Crippen LogP contribution in [0.2, 0.25) is 0 Å². The molecule has 3 heteroatoms. The van der Waals surface area contributed by atoms with Crippen molar-refractivity contribution in [2.75, 3.05) is 6.54 Å². The molecule has 0 saturated carbocycles. The molecule has 1 aromatic carbocycles. The summed E-state index contributed by atoms with van der Waals surface area (Å²) in [5.41, 5.74) is 4.89. The largest absolute Gasteiger partial charge is 0.312 e. The number of benzene rings is 1. The number of pyridine rings is 1. The number of hydrogen-bond acceptors (Lipinski definition) is 3. The minimum absolute atomic E-state index is 0.0425. The van der Waals surface area contributed by atoms with Crippen molar-refractivity contribution in [2.45, 2.75) is 19.9 Å². The zero-order valence-corrected chi connectivity index (χ0v) is 10.9. The molecule has 0 spiro atoms. The molecule has 2 aromatic rings. The highest BCUT2D eigenvalue weighted by Crippen LogP contribution is 2.18. The maximum atomic E-state index is 12.4. The third kappa shape index (κ3) is 2.42. The number of nitrogens with zero attached hydrogens (tertiary/aromatic N) is 1. The van der Waals surface area contributed by atoms with Crippen molar-refractivity contribution in [2.24, 2.45) is 0 Å². The van der Waals surface area contributed by atoms with Gasteiger partial charge in [-0.2, -0.15) is 0 Å². The van der Waals surface area contributed by atoms with Crippen LogP contribution >= 0.6 is 0 Å². The van der Waals surface area contributed by atoms with Gasteiger partial charge in [0.1, 0.15) is 0 Å². The van der Waals surface area contributed by atoms with Gasteiger partial charge in [0.05, 0.1) is 0 Å². The standard InChI is InChI=1S/C16H16N2O/c1-11-2-3-14(10-18-11)16(19)13-5-4-12-6-7-17-9-15(12)8-13/h2-5,8,10,17H,6-7,9H2,1H3. The van der Waals surface area contributed by atoms with Gasteiger partial charge in [-0.25, -0.2) is 0 Å². The summed E-state index contributed by atoms with van der Waals surface area (Å²) in [5.74, 6) is 0.0425. The molecule has 2 heterocycles. The van der Waals surface area contributed by atoms with E-state index in [9.17, 15) is 4.79 Å². The topological polar surface area (TPSA) is 42.0 Å². The van der Waals surface area contributed by atoms with Crippen molar-refractivity contribution in [3.05, 3.63) is 64.5 Å². The van der Waals surface area contributed by atoms with Gasteiger partial charge in [0, 0.05) is 29.6 Å². The fraction of sp³-hybridized carbons (Fsp3) is 0.250. The smallest absolute Gasteiger partial charge is 0.194 e. The van der Waals surface area contributed by atoms with Gasteiger partial charge in [-0.3, -0.25) is 9.78 Å². The zero-order valence-electron chi connectivity index (χ0n) is 10.9. The van der Waals surface area contributed by atoms with Crippen LogP contribution in [0.3, 0.4) is 0 Å². The quantitative estimate of drug-likeness (QED) is 0.834. The molecule has 0 fully saturated rings. The van der Waals surface area contributed by atoms with Crippen LogP contribution in [0.5, 0.6) is 0 Å². The lowest BCUT2D eigenvalue weighted by molar-refractivity contribution is 0.103. The van der Waals surface area contributed by atoms with Crippen molar-refractivity contribution in [1.29, 1.82) is 0 Å². The van der Waals surface area contributed by atoms with E-state index in [0.717, 1.165) is 30.8 Å². The molecule has 1 N–H and O–H groups in total. The van der Waals surface area contributed by atoms with Gasteiger partial charge in [-0.05, 0) is 49.2 Å². The molecule has 0 saturated heterocycles. The molecule has 19 heavy (non-hydrogen) atoms. The second-order valence-corrected chi connectivity index (χ2v) is 4.93. The Morgan fingerprint density at radius 1 is 1.16 bits per heavy atom. The van der Waals surface area contributed by atoms with Gasteiger partial charge in [0.25, 0.3) is 0 Å². The van der Waals surface area contributed by atoms with E-state index in [-0.39, 0.29) is 5.78 Å². The number of nitrogens with one attached hydrogen (secondary N) is 1. The van der Waals surface area contributed by atoms with Gasteiger partial charge >= 0.3 is 0 Å². The van der Waals surface area contributed by atoms with Crippen LogP contribution in [0.15, 0.2) is 36.5 Å². The van der Waals surface area contributed by atoms with Crippen LogP contribution < -0.4 is 5.32 Å². The minimum Gasteiger partial charge on any atom is -0.312 e. The predicted octanol–water partition coefficient (Wildman–Crippen LogP) is 2.27. The summed E-state index contributed by atoms with van der Waals surface area (Å²) >= 11 is 0. The van der Waals surface area contributed by atoms with E-state index in [4.69, 9.17) is 0 Å². The van der Waals surface area contributed by atoms with Gasteiger partial charge in [0.15, 0.2) is 5.78 Å². The molecule has 1 aliphatic rings. The van der Waals surface area contributed by atoms with Crippen molar-refractivity contribution < 1.29 is 4.79 Å². The Morgan fingerprint density at radius 2 is 2.00 bits per heavy atom. The van der Waals surface area contributed by atoms with E-state index in [1.807, 2.05) is 31.2 Å². The average molecular weight is 252 g/mol. The number of fused-ring (bicyclic) bond motifs is 1. The van der Waals surface area contributed by atoms with Crippen LogP contribution in [0.4, 0.5) is 0 Å². The van der Waals surface area contributed by atoms with Crippen LogP contribution in [-0.2, 0) is 13.0 Å². The summed E-state index contributed by atoms with van der Waals surface area (Å²) < 4.78 is 0. The molecule has 0 unspecified atom stereocenters. The summed E-state index contributed by atoms with van der Waals surface area (Å²) in [5, 5.41) is 3.33. The van der Waals surface area contributed by atoms with E-state index < -0.39 is 0 Å². The summed E-state index contributed by atoms with van der Waals surface area (Å²) in [6.07, 6.45) is 2.69. The molecule has 1 aromatic heterocycles. The molecule has 96 valence electrons. The van der Waals surface area contributed by atoms with Crippen molar-refractivity contribution in [3.63, 3.8) is 0 Å². The number of hydrogen-bond donors (Lipinski definition) is 1. The van der Waals surface area contributed by atoms with Gasteiger partial charge < -0.3 is 5.32 Å². The van der Waals surface area contributed by atoms with E-state index in [1.54, 1.807) is 6.20 Å². The molecule has 1 aliphatic heterocycles. The maximum absolute atomic E-state index is 12.4. The third-order valence-electron chi connectivity index (χ3n) is 3.53. The maximum Gasteiger partial charge on any atom is 0.194 e. The number of carbonyl (C=O) groups is 1. The average Bonchev–Trinajstić information content (AvgIpc) is 2.47. The normalized spacial score (nSPS) is 13.9. The Hall–Kier alpha value is -2.00. The molecule has 3 rings (SSSR count). The van der Waals surface area contributed by atoms with E-state index in [1.165, 1.54) is 11.1 Å². The number of carbonyl (C=O) groups excluding carboxylic acids is 1. The van der Waals surface area contributed by atoms with Crippen LogP contribution in [0, 0.1) is 6.92 Å². The fourth-order valence-electron chi connectivity index (χ4n) is 2.39. The first-order valence-corrected chi connectivity index (χ1v) is 6.54. The molecule has 0 radical (unpaired) electrons. The Morgan fingerprint density at radius 3 is 2.79 bits per heavy atom. The highest BCUT2D eigenvalue weighted by molar-refractivity contribution is 6.08. The summed E-state index contributed by atoms with van der Waals surface area (Å²) in [4.78, 5) is 16.6. The summed E-state index contributed by atoms with van der Waals surface area (Å²) in [6.45, 7) is 3.78. The van der Waals surface area contributed by atoms with Crippen LogP contribution in [0.25, 0.3) is 0 Å².